The van der Waals surface area contributed by atoms with Crippen molar-refractivity contribution in [3.63, 3.8) is 0 Å². The van der Waals surface area contributed by atoms with E-state index in [2.05, 4.69) is 20.6 Å². The van der Waals surface area contributed by atoms with Gasteiger partial charge in [0.2, 0.25) is 5.91 Å². The summed E-state index contributed by atoms with van der Waals surface area (Å²) in [6, 6.07) is 1.82. The van der Waals surface area contributed by atoms with Crippen molar-refractivity contribution < 1.29 is 4.79 Å². The monoisotopic (exact) mass is 325 g/mol. The van der Waals surface area contributed by atoms with E-state index in [4.69, 9.17) is 0 Å². The molecule has 118 valence electrons. The number of likely N-dealkylation sites (N-methyl/N-ethyl adjacent to an activating group) is 1. The third kappa shape index (κ3) is 7.69. The Morgan fingerprint density at radius 2 is 2.10 bits per heavy atom. The van der Waals surface area contributed by atoms with E-state index in [0.717, 1.165) is 13.1 Å². The van der Waals surface area contributed by atoms with E-state index in [-0.39, 0.29) is 36.6 Å². The largest absolute Gasteiger partial charge is 0.319 e. The number of hydrogen-bond acceptors (Lipinski definition) is 4. The molecule has 0 fully saturated rings. The molecule has 0 aliphatic rings. The van der Waals surface area contributed by atoms with Crippen LogP contribution in [0.2, 0.25) is 0 Å². The lowest BCUT2D eigenvalue weighted by molar-refractivity contribution is -0.119. The van der Waals surface area contributed by atoms with E-state index in [1.807, 2.05) is 45.0 Å². The Hall–Kier alpha value is -0.820. The minimum Gasteiger partial charge on any atom is -0.319 e. The van der Waals surface area contributed by atoms with E-state index in [0.29, 0.717) is 12.4 Å². The highest BCUT2D eigenvalue weighted by Crippen LogP contribution is 2.05. The van der Waals surface area contributed by atoms with Crippen LogP contribution in [-0.4, -0.2) is 54.8 Å². The van der Waals surface area contributed by atoms with Crippen LogP contribution >= 0.6 is 24.8 Å². The standard InChI is InChI=1S/C12H23N5O.2ClH/c1-10(9-13-2)12(18)14-11-5-6-17(15-11)8-7-16(3)4;;/h5-6,10,13H,7-9H2,1-4H3,(H,14,15,18);2*1H. The molecular formula is C12H25Cl2N5O. The van der Waals surface area contributed by atoms with Crippen LogP contribution < -0.4 is 10.6 Å². The number of carbonyl (C=O) groups excluding carboxylic acids is 1. The maximum absolute atomic E-state index is 11.8. The van der Waals surface area contributed by atoms with Gasteiger partial charge in [0.05, 0.1) is 6.54 Å². The summed E-state index contributed by atoms with van der Waals surface area (Å²) in [4.78, 5) is 13.9. The zero-order valence-electron chi connectivity index (χ0n) is 12.4. The van der Waals surface area contributed by atoms with Crippen LogP contribution in [0, 0.1) is 5.92 Å². The smallest absolute Gasteiger partial charge is 0.229 e. The highest BCUT2D eigenvalue weighted by atomic mass is 35.5. The van der Waals surface area contributed by atoms with E-state index in [9.17, 15) is 4.79 Å². The molecule has 0 radical (unpaired) electrons. The molecule has 1 aromatic heterocycles. The van der Waals surface area contributed by atoms with Crippen LogP contribution in [0.1, 0.15) is 6.92 Å². The molecule has 0 bridgehead atoms. The van der Waals surface area contributed by atoms with Gasteiger partial charge in [-0.2, -0.15) is 5.10 Å². The molecule has 0 aromatic carbocycles. The predicted octanol–water partition coefficient (Wildman–Crippen LogP) is 1.08. The van der Waals surface area contributed by atoms with Gasteiger partial charge >= 0.3 is 0 Å². The van der Waals surface area contributed by atoms with E-state index in [1.165, 1.54) is 0 Å². The normalized spacial score (nSPS) is 11.4. The lowest BCUT2D eigenvalue weighted by atomic mass is 10.1. The third-order valence-electron chi connectivity index (χ3n) is 2.63. The number of nitrogens with zero attached hydrogens (tertiary/aromatic N) is 3. The molecule has 1 amide bonds. The predicted molar refractivity (Wildman–Crippen MR) is 87.0 cm³/mol. The van der Waals surface area contributed by atoms with Crippen molar-refractivity contribution in [3.8, 4) is 0 Å². The van der Waals surface area contributed by atoms with Gasteiger partial charge in [-0.05, 0) is 21.1 Å². The third-order valence-corrected chi connectivity index (χ3v) is 2.63. The van der Waals surface area contributed by atoms with E-state index >= 15 is 0 Å². The molecule has 1 unspecified atom stereocenters. The van der Waals surface area contributed by atoms with Crippen molar-refractivity contribution in [2.45, 2.75) is 13.5 Å². The quantitative estimate of drug-likeness (QED) is 0.787. The molecule has 0 aliphatic carbocycles. The van der Waals surface area contributed by atoms with Crippen LogP contribution in [0.15, 0.2) is 12.3 Å². The van der Waals surface area contributed by atoms with Gasteiger partial charge in [0.25, 0.3) is 0 Å². The maximum Gasteiger partial charge on any atom is 0.229 e. The molecule has 1 rings (SSSR count). The van der Waals surface area contributed by atoms with Crippen LogP contribution in [0.3, 0.4) is 0 Å². The second-order valence-corrected chi connectivity index (χ2v) is 4.72. The summed E-state index contributed by atoms with van der Waals surface area (Å²) >= 11 is 0. The number of rotatable bonds is 7. The maximum atomic E-state index is 11.8. The first-order chi connectivity index (χ1) is 8.52. The van der Waals surface area contributed by atoms with Crippen molar-refractivity contribution in [1.82, 2.24) is 20.0 Å². The van der Waals surface area contributed by atoms with Crippen molar-refractivity contribution in [1.29, 1.82) is 0 Å². The fraction of sp³-hybridized carbons (Fsp3) is 0.667. The molecule has 1 atom stereocenters. The van der Waals surface area contributed by atoms with Gasteiger partial charge in [0, 0.05) is 31.3 Å². The molecule has 20 heavy (non-hydrogen) atoms. The van der Waals surface area contributed by atoms with Gasteiger partial charge in [-0.25, -0.2) is 0 Å². The summed E-state index contributed by atoms with van der Waals surface area (Å²) in [5, 5.41) is 10.1. The van der Waals surface area contributed by atoms with E-state index < -0.39 is 0 Å². The summed E-state index contributed by atoms with van der Waals surface area (Å²) in [7, 11) is 5.87. The molecule has 0 aliphatic heterocycles. The SMILES string of the molecule is CNCC(C)C(=O)Nc1ccn(CCN(C)C)n1.Cl.Cl. The summed E-state index contributed by atoms with van der Waals surface area (Å²) < 4.78 is 1.83. The number of anilines is 1. The first kappa shape index (κ1) is 21.5. The van der Waals surface area contributed by atoms with Crippen molar-refractivity contribution >= 4 is 36.5 Å². The molecular weight excluding hydrogens is 301 g/mol. The minimum absolute atomic E-state index is 0. The first-order valence-electron chi connectivity index (χ1n) is 6.16. The number of aromatic nitrogens is 2. The second-order valence-electron chi connectivity index (χ2n) is 4.72. The molecule has 2 N–H and O–H groups in total. The molecule has 6 nitrogen and oxygen atoms in total. The zero-order valence-corrected chi connectivity index (χ0v) is 14.1. The number of halogens is 2. The van der Waals surface area contributed by atoms with E-state index in [1.54, 1.807) is 0 Å². The average molecular weight is 326 g/mol. The summed E-state index contributed by atoms with van der Waals surface area (Å²) in [5.41, 5.74) is 0. The van der Waals surface area contributed by atoms with Crippen molar-refractivity contribution in [3.05, 3.63) is 12.3 Å². The Bertz CT molecular complexity index is 384. The lowest BCUT2D eigenvalue weighted by Gasteiger charge is -2.10. The van der Waals surface area contributed by atoms with Gasteiger partial charge in [-0.1, -0.05) is 6.92 Å². The summed E-state index contributed by atoms with van der Waals surface area (Å²) in [6.45, 7) is 4.28. The van der Waals surface area contributed by atoms with Gasteiger partial charge in [-0.3, -0.25) is 9.48 Å². The Labute approximate surface area is 133 Å². The Kier molecular flexibility index (Phi) is 11.7. The first-order valence-corrected chi connectivity index (χ1v) is 6.16. The van der Waals surface area contributed by atoms with Crippen LogP contribution in [0.4, 0.5) is 5.82 Å². The molecule has 0 spiro atoms. The fourth-order valence-corrected chi connectivity index (χ4v) is 1.50. The summed E-state index contributed by atoms with van der Waals surface area (Å²) in [5.74, 6) is 0.533. The Morgan fingerprint density at radius 1 is 1.45 bits per heavy atom. The van der Waals surface area contributed by atoms with Crippen LogP contribution in [0.5, 0.6) is 0 Å². The fourth-order valence-electron chi connectivity index (χ4n) is 1.50. The molecule has 1 aromatic rings. The topological polar surface area (TPSA) is 62.2 Å². The molecule has 0 saturated carbocycles. The van der Waals surface area contributed by atoms with Gasteiger partial charge in [-0.15, -0.1) is 24.8 Å². The van der Waals surface area contributed by atoms with Crippen molar-refractivity contribution in [2.24, 2.45) is 5.92 Å². The molecule has 1 heterocycles. The number of carbonyl (C=O) groups is 1. The highest BCUT2D eigenvalue weighted by molar-refractivity contribution is 5.91. The number of amides is 1. The summed E-state index contributed by atoms with van der Waals surface area (Å²) in [6.07, 6.45) is 1.88. The van der Waals surface area contributed by atoms with Crippen molar-refractivity contribution in [2.75, 3.05) is 39.5 Å². The highest BCUT2D eigenvalue weighted by Gasteiger charge is 2.12. The van der Waals surface area contributed by atoms with Gasteiger partial charge in [0.1, 0.15) is 0 Å². The second kappa shape index (κ2) is 10.9. The Morgan fingerprint density at radius 3 is 2.65 bits per heavy atom. The number of nitrogens with one attached hydrogen (secondary N) is 2. The minimum atomic E-state index is -0.0677. The average Bonchev–Trinajstić information content (AvgIpc) is 2.74. The number of hydrogen-bond donors (Lipinski definition) is 2. The Balaban J connectivity index is 0. The molecule has 0 saturated heterocycles. The lowest BCUT2D eigenvalue weighted by Crippen LogP contribution is -2.28. The van der Waals surface area contributed by atoms with Crippen LogP contribution in [0.25, 0.3) is 0 Å². The van der Waals surface area contributed by atoms with Crippen LogP contribution in [-0.2, 0) is 11.3 Å². The molecule has 8 heteroatoms. The van der Waals surface area contributed by atoms with Gasteiger partial charge in [0.15, 0.2) is 5.82 Å². The van der Waals surface area contributed by atoms with Gasteiger partial charge < -0.3 is 15.5 Å². The zero-order chi connectivity index (χ0) is 13.5.